The van der Waals surface area contributed by atoms with Crippen molar-refractivity contribution in [2.75, 3.05) is 19.6 Å². The molecule has 0 aromatic heterocycles. The molecular weight excluding hydrogens is 216 g/mol. The Labute approximate surface area is 101 Å². The summed E-state index contributed by atoms with van der Waals surface area (Å²) in [7, 11) is 0. The van der Waals surface area contributed by atoms with E-state index >= 15 is 0 Å². The third kappa shape index (κ3) is 1.80. The molecule has 3 aliphatic rings. The van der Waals surface area contributed by atoms with Crippen LogP contribution in [0.4, 0.5) is 0 Å². The van der Waals surface area contributed by atoms with Crippen LogP contribution in [0, 0.1) is 0 Å². The van der Waals surface area contributed by atoms with Crippen LogP contribution in [-0.4, -0.2) is 42.5 Å². The number of nitrogens with zero attached hydrogens (tertiary/aromatic N) is 1. The summed E-state index contributed by atoms with van der Waals surface area (Å²) < 4.78 is 0. The molecule has 0 saturated carbocycles. The van der Waals surface area contributed by atoms with Gasteiger partial charge < -0.3 is 21.3 Å². The van der Waals surface area contributed by atoms with Gasteiger partial charge in [-0.3, -0.25) is 4.79 Å². The summed E-state index contributed by atoms with van der Waals surface area (Å²) in [6.07, 6.45) is 6.11. The number of nitrogens with one attached hydrogen (secondary N) is 2. The minimum Gasteiger partial charge on any atom is -0.368 e. The first-order valence-electron chi connectivity index (χ1n) is 6.20. The van der Waals surface area contributed by atoms with Crippen molar-refractivity contribution in [3.05, 3.63) is 23.5 Å². The van der Waals surface area contributed by atoms with Gasteiger partial charge in [-0.25, -0.2) is 0 Å². The van der Waals surface area contributed by atoms with Crippen molar-refractivity contribution in [1.29, 1.82) is 0 Å². The second-order valence-corrected chi connectivity index (χ2v) is 4.87. The monoisotopic (exact) mass is 234 g/mol. The fourth-order valence-corrected chi connectivity index (χ4v) is 2.84. The molecule has 5 nitrogen and oxygen atoms in total. The fourth-order valence-electron chi connectivity index (χ4n) is 2.84. The van der Waals surface area contributed by atoms with E-state index in [2.05, 4.69) is 21.6 Å². The van der Waals surface area contributed by atoms with Crippen LogP contribution in [0.2, 0.25) is 0 Å². The summed E-state index contributed by atoms with van der Waals surface area (Å²) in [5, 5.41) is 6.71. The van der Waals surface area contributed by atoms with E-state index < -0.39 is 0 Å². The zero-order chi connectivity index (χ0) is 11.8. The van der Waals surface area contributed by atoms with E-state index in [1.165, 1.54) is 5.57 Å². The molecule has 2 atom stereocenters. The molecule has 1 fully saturated rings. The number of allylic oxidation sites excluding steroid dienone is 1. The Morgan fingerprint density at radius 1 is 1.53 bits per heavy atom. The van der Waals surface area contributed by atoms with E-state index in [9.17, 15) is 4.79 Å². The average Bonchev–Trinajstić information content (AvgIpc) is 2.51. The third-order valence-corrected chi connectivity index (χ3v) is 3.71. The first-order chi connectivity index (χ1) is 8.25. The van der Waals surface area contributed by atoms with E-state index in [0.717, 1.165) is 38.3 Å². The van der Waals surface area contributed by atoms with E-state index in [1.807, 2.05) is 6.08 Å². The Hall–Kier alpha value is -1.49. The molecule has 92 valence electrons. The lowest BCUT2D eigenvalue weighted by Crippen LogP contribution is -2.46. The number of primary amides is 1. The minimum absolute atomic E-state index is 0.316. The Bertz CT molecular complexity index is 401. The van der Waals surface area contributed by atoms with Gasteiger partial charge in [0.15, 0.2) is 0 Å². The highest BCUT2D eigenvalue weighted by atomic mass is 16.1. The Balaban J connectivity index is 1.82. The van der Waals surface area contributed by atoms with Gasteiger partial charge in [0.05, 0.1) is 0 Å². The minimum atomic E-state index is -0.358. The standard InChI is InChI=1S/C12H18N4O/c13-11(17)10-3-2-8-6-9-7-14-4-1-5-16(9)12(8)15-10/h2-3,9-10,14-15H,1,4-7H2,(H2,13,17). The lowest BCUT2D eigenvalue weighted by Gasteiger charge is -2.30. The van der Waals surface area contributed by atoms with Gasteiger partial charge in [-0.15, -0.1) is 0 Å². The second-order valence-electron chi connectivity index (χ2n) is 4.87. The molecule has 3 heterocycles. The van der Waals surface area contributed by atoms with Gasteiger partial charge in [-0.1, -0.05) is 12.2 Å². The first kappa shape index (κ1) is 10.7. The number of nitrogens with two attached hydrogens (primary N) is 1. The zero-order valence-electron chi connectivity index (χ0n) is 9.78. The predicted molar refractivity (Wildman–Crippen MR) is 64.9 cm³/mol. The molecule has 0 aliphatic carbocycles. The number of rotatable bonds is 1. The highest BCUT2D eigenvalue weighted by Gasteiger charge is 2.34. The van der Waals surface area contributed by atoms with Gasteiger partial charge in [0.1, 0.15) is 11.9 Å². The van der Waals surface area contributed by atoms with Gasteiger partial charge in [0.2, 0.25) is 5.91 Å². The smallest absolute Gasteiger partial charge is 0.244 e. The average molecular weight is 234 g/mol. The largest absolute Gasteiger partial charge is 0.368 e. The maximum Gasteiger partial charge on any atom is 0.244 e. The number of fused-ring (bicyclic) bond motifs is 2. The van der Waals surface area contributed by atoms with Crippen LogP contribution in [0.1, 0.15) is 12.8 Å². The SMILES string of the molecule is NC(=O)C1C=CC2=C(N1)N1CCCNCC1C2. The van der Waals surface area contributed by atoms with Crippen LogP contribution in [0.15, 0.2) is 23.5 Å². The first-order valence-corrected chi connectivity index (χ1v) is 6.20. The zero-order valence-corrected chi connectivity index (χ0v) is 9.78. The molecule has 3 aliphatic heterocycles. The van der Waals surface area contributed by atoms with E-state index in [1.54, 1.807) is 0 Å². The number of amides is 1. The van der Waals surface area contributed by atoms with Crippen LogP contribution < -0.4 is 16.4 Å². The molecule has 0 spiro atoms. The normalized spacial score (nSPS) is 31.6. The van der Waals surface area contributed by atoms with Gasteiger partial charge >= 0.3 is 0 Å². The quantitative estimate of drug-likeness (QED) is 0.560. The molecule has 2 unspecified atom stereocenters. The Kier molecular flexibility index (Phi) is 2.55. The summed E-state index contributed by atoms with van der Waals surface area (Å²) in [4.78, 5) is 13.6. The molecule has 17 heavy (non-hydrogen) atoms. The van der Waals surface area contributed by atoms with Gasteiger partial charge in [0, 0.05) is 19.1 Å². The topological polar surface area (TPSA) is 70.4 Å². The number of hydrogen-bond donors (Lipinski definition) is 3. The van der Waals surface area contributed by atoms with Crippen LogP contribution in [0.5, 0.6) is 0 Å². The molecular formula is C12H18N4O. The van der Waals surface area contributed by atoms with Crippen LogP contribution in [-0.2, 0) is 4.79 Å². The molecule has 0 aromatic carbocycles. The summed E-state index contributed by atoms with van der Waals surface area (Å²) in [5.41, 5.74) is 6.64. The highest BCUT2D eigenvalue weighted by Crippen LogP contribution is 2.31. The Morgan fingerprint density at radius 2 is 2.41 bits per heavy atom. The summed E-state index contributed by atoms with van der Waals surface area (Å²) >= 11 is 0. The summed E-state index contributed by atoms with van der Waals surface area (Å²) in [6, 6.07) is 0.162. The molecule has 0 aromatic rings. The molecule has 0 radical (unpaired) electrons. The maximum atomic E-state index is 11.2. The predicted octanol–water partition coefficient (Wildman–Crippen LogP) is -0.721. The summed E-state index contributed by atoms with van der Waals surface area (Å²) in [6.45, 7) is 3.14. The number of hydrogen-bond acceptors (Lipinski definition) is 4. The molecule has 1 saturated heterocycles. The van der Waals surface area contributed by atoms with Crippen LogP contribution in [0.3, 0.4) is 0 Å². The second kappa shape index (κ2) is 4.07. The lowest BCUT2D eigenvalue weighted by molar-refractivity contribution is -0.118. The van der Waals surface area contributed by atoms with Crippen molar-refractivity contribution in [2.24, 2.45) is 5.73 Å². The number of dihydropyridines is 1. The molecule has 3 rings (SSSR count). The van der Waals surface area contributed by atoms with Gasteiger partial charge in [-0.05, 0) is 25.0 Å². The van der Waals surface area contributed by atoms with Crippen molar-refractivity contribution in [3.8, 4) is 0 Å². The molecule has 0 bridgehead atoms. The van der Waals surface area contributed by atoms with Crippen molar-refractivity contribution >= 4 is 5.91 Å². The third-order valence-electron chi connectivity index (χ3n) is 3.71. The van der Waals surface area contributed by atoms with Crippen molar-refractivity contribution < 1.29 is 4.79 Å². The van der Waals surface area contributed by atoms with E-state index in [0.29, 0.717) is 6.04 Å². The van der Waals surface area contributed by atoms with Crippen LogP contribution >= 0.6 is 0 Å². The molecule has 4 N–H and O–H groups in total. The van der Waals surface area contributed by atoms with E-state index in [4.69, 9.17) is 5.73 Å². The van der Waals surface area contributed by atoms with Crippen LogP contribution in [0.25, 0.3) is 0 Å². The Morgan fingerprint density at radius 3 is 3.24 bits per heavy atom. The fraction of sp³-hybridized carbons (Fsp3) is 0.583. The van der Waals surface area contributed by atoms with Gasteiger partial charge in [-0.2, -0.15) is 0 Å². The summed E-state index contributed by atoms with van der Waals surface area (Å²) in [5.74, 6) is 0.800. The molecule has 5 heteroatoms. The number of carbonyl (C=O) groups is 1. The van der Waals surface area contributed by atoms with Crippen molar-refractivity contribution in [1.82, 2.24) is 15.5 Å². The van der Waals surface area contributed by atoms with Gasteiger partial charge in [0.25, 0.3) is 0 Å². The number of carbonyl (C=O) groups excluding carboxylic acids is 1. The van der Waals surface area contributed by atoms with E-state index in [-0.39, 0.29) is 11.9 Å². The van der Waals surface area contributed by atoms with Crippen molar-refractivity contribution in [3.63, 3.8) is 0 Å². The highest BCUT2D eigenvalue weighted by molar-refractivity contribution is 5.82. The maximum absolute atomic E-state index is 11.2. The molecule has 1 amide bonds. The lowest BCUT2D eigenvalue weighted by atomic mass is 10.1. The van der Waals surface area contributed by atoms with Crippen molar-refractivity contribution in [2.45, 2.75) is 24.9 Å².